The molecular formula is C13H27NO. The van der Waals surface area contributed by atoms with E-state index in [0.29, 0.717) is 6.04 Å². The van der Waals surface area contributed by atoms with Gasteiger partial charge in [-0.15, -0.1) is 0 Å². The van der Waals surface area contributed by atoms with Crippen molar-refractivity contribution in [3.05, 3.63) is 0 Å². The summed E-state index contributed by atoms with van der Waals surface area (Å²) >= 11 is 0. The molecule has 0 aromatic rings. The predicted octanol–water partition coefficient (Wildman–Crippen LogP) is 2.85. The van der Waals surface area contributed by atoms with Crippen molar-refractivity contribution >= 4 is 0 Å². The maximum absolute atomic E-state index is 10.4. The number of hydrogen-bond acceptors (Lipinski definition) is 2. The lowest BCUT2D eigenvalue weighted by Gasteiger charge is -2.33. The van der Waals surface area contributed by atoms with Gasteiger partial charge < -0.3 is 10.4 Å². The summed E-state index contributed by atoms with van der Waals surface area (Å²) < 4.78 is 0. The molecule has 2 atom stereocenters. The largest absolute Gasteiger partial charge is 0.389 e. The Morgan fingerprint density at radius 2 is 2.07 bits per heavy atom. The zero-order valence-corrected chi connectivity index (χ0v) is 10.4. The highest BCUT2D eigenvalue weighted by molar-refractivity contribution is 4.88. The first-order valence-corrected chi connectivity index (χ1v) is 6.62. The zero-order chi connectivity index (χ0) is 11.1. The lowest BCUT2D eigenvalue weighted by atomic mass is 9.87. The van der Waals surface area contributed by atoms with Crippen LogP contribution >= 0.6 is 0 Å². The summed E-state index contributed by atoms with van der Waals surface area (Å²) in [5.74, 6) is 0. The maximum atomic E-state index is 10.4. The molecule has 0 spiro atoms. The van der Waals surface area contributed by atoms with E-state index in [0.717, 1.165) is 25.8 Å². The molecule has 0 amide bonds. The fourth-order valence-corrected chi connectivity index (χ4v) is 2.47. The molecule has 2 N–H and O–H groups in total. The first kappa shape index (κ1) is 13.0. The van der Waals surface area contributed by atoms with Crippen LogP contribution in [0.25, 0.3) is 0 Å². The van der Waals surface area contributed by atoms with Gasteiger partial charge in [-0.1, -0.05) is 39.0 Å². The highest BCUT2D eigenvalue weighted by atomic mass is 16.3. The fraction of sp³-hybridized carbons (Fsp3) is 1.00. The minimum absolute atomic E-state index is 0.317. The molecule has 15 heavy (non-hydrogen) atoms. The van der Waals surface area contributed by atoms with E-state index in [1.807, 2.05) is 6.92 Å². The van der Waals surface area contributed by atoms with E-state index < -0.39 is 5.60 Å². The molecule has 1 saturated heterocycles. The van der Waals surface area contributed by atoms with Crippen LogP contribution in [0.3, 0.4) is 0 Å². The molecule has 0 aromatic carbocycles. The standard InChI is InChI=1S/C13H27NO/c1-3-4-7-10-13(2,15)12-9-6-5-8-11-14-12/h12,14-15H,3-11H2,1-2H3. The normalized spacial score (nSPS) is 27.0. The molecule has 0 saturated carbocycles. The van der Waals surface area contributed by atoms with Gasteiger partial charge in [0.1, 0.15) is 0 Å². The van der Waals surface area contributed by atoms with Gasteiger partial charge in [0.25, 0.3) is 0 Å². The van der Waals surface area contributed by atoms with E-state index in [1.54, 1.807) is 0 Å². The molecule has 2 unspecified atom stereocenters. The highest BCUT2D eigenvalue weighted by Crippen LogP contribution is 2.24. The van der Waals surface area contributed by atoms with Gasteiger partial charge in [0, 0.05) is 6.04 Å². The zero-order valence-electron chi connectivity index (χ0n) is 10.4. The van der Waals surface area contributed by atoms with Gasteiger partial charge in [0.15, 0.2) is 0 Å². The summed E-state index contributed by atoms with van der Waals surface area (Å²) in [5, 5.41) is 13.9. The maximum Gasteiger partial charge on any atom is 0.0772 e. The molecule has 0 radical (unpaired) electrons. The molecule has 1 aliphatic rings. The Morgan fingerprint density at radius 1 is 1.27 bits per heavy atom. The van der Waals surface area contributed by atoms with Gasteiger partial charge in [-0.3, -0.25) is 0 Å². The first-order valence-electron chi connectivity index (χ1n) is 6.62. The van der Waals surface area contributed by atoms with Crippen molar-refractivity contribution in [3.8, 4) is 0 Å². The first-order chi connectivity index (χ1) is 7.17. The van der Waals surface area contributed by atoms with Crippen molar-refractivity contribution in [2.45, 2.75) is 76.9 Å². The molecule has 1 heterocycles. The fourth-order valence-electron chi connectivity index (χ4n) is 2.47. The van der Waals surface area contributed by atoms with Crippen molar-refractivity contribution in [2.75, 3.05) is 6.54 Å². The molecule has 1 fully saturated rings. The Labute approximate surface area is 94.5 Å². The lowest BCUT2D eigenvalue weighted by molar-refractivity contribution is 0.00766. The van der Waals surface area contributed by atoms with Crippen LogP contribution in [-0.4, -0.2) is 23.3 Å². The number of rotatable bonds is 5. The summed E-state index contributed by atoms with van der Waals surface area (Å²) in [6.45, 7) is 5.29. The summed E-state index contributed by atoms with van der Waals surface area (Å²) in [6.07, 6.45) is 9.55. The van der Waals surface area contributed by atoms with Gasteiger partial charge in [-0.25, -0.2) is 0 Å². The SMILES string of the molecule is CCCCCC(C)(O)C1CCCCCN1. The van der Waals surface area contributed by atoms with Gasteiger partial charge in [-0.05, 0) is 32.7 Å². The number of unbranched alkanes of at least 4 members (excludes halogenated alkanes) is 2. The number of hydrogen-bond donors (Lipinski definition) is 2. The van der Waals surface area contributed by atoms with Gasteiger partial charge >= 0.3 is 0 Å². The predicted molar refractivity (Wildman–Crippen MR) is 65.0 cm³/mol. The second kappa shape index (κ2) is 6.49. The number of aliphatic hydroxyl groups is 1. The van der Waals surface area contributed by atoms with Gasteiger partial charge in [-0.2, -0.15) is 0 Å². The molecule has 0 bridgehead atoms. The molecule has 2 nitrogen and oxygen atoms in total. The number of nitrogens with one attached hydrogen (secondary N) is 1. The summed E-state index contributed by atoms with van der Waals surface area (Å²) in [4.78, 5) is 0. The van der Waals surface area contributed by atoms with Crippen molar-refractivity contribution in [3.63, 3.8) is 0 Å². The molecule has 1 aliphatic heterocycles. The van der Waals surface area contributed by atoms with Crippen molar-refractivity contribution in [2.24, 2.45) is 0 Å². The molecule has 2 heteroatoms. The van der Waals surface area contributed by atoms with Crippen molar-refractivity contribution < 1.29 is 5.11 Å². The summed E-state index contributed by atoms with van der Waals surface area (Å²) in [5.41, 5.74) is -0.500. The summed E-state index contributed by atoms with van der Waals surface area (Å²) in [7, 11) is 0. The van der Waals surface area contributed by atoms with E-state index in [2.05, 4.69) is 12.2 Å². The van der Waals surface area contributed by atoms with Crippen molar-refractivity contribution in [1.82, 2.24) is 5.32 Å². The minimum Gasteiger partial charge on any atom is -0.389 e. The van der Waals surface area contributed by atoms with Crippen LogP contribution in [0.4, 0.5) is 0 Å². The quantitative estimate of drug-likeness (QED) is 0.688. The molecule has 0 aliphatic carbocycles. The molecule has 90 valence electrons. The monoisotopic (exact) mass is 213 g/mol. The Morgan fingerprint density at radius 3 is 2.80 bits per heavy atom. The van der Waals surface area contributed by atoms with Crippen LogP contribution in [0.1, 0.15) is 65.2 Å². The summed E-state index contributed by atoms with van der Waals surface area (Å²) in [6, 6.07) is 0.317. The Balaban J connectivity index is 2.35. The average Bonchev–Trinajstić information content (AvgIpc) is 2.46. The third-order valence-corrected chi connectivity index (χ3v) is 3.60. The van der Waals surface area contributed by atoms with Gasteiger partial charge in [0.2, 0.25) is 0 Å². The van der Waals surface area contributed by atoms with Crippen LogP contribution in [0.15, 0.2) is 0 Å². The second-order valence-corrected chi connectivity index (χ2v) is 5.17. The van der Waals surface area contributed by atoms with Crippen LogP contribution in [0.5, 0.6) is 0 Å². The second-order valence-electron chi connectivity index (χ2n) is 5.17. The minimum atomic E-state index is -0.500. The Hall–Kier alpha value is -0.0800. The van der Waals surface area contributed by atoms with Gasteiger partial charge in [0.05, 0.1) is 5.60 Å². The third-order valence-electron chi connectivity index (χ3n) is 3.60. The Bertz CT molecular complexity index is 160. The van der Waals surface area contributed by atoms with Crippen LogP contribution < -0.4 is 5.32 Å². The topological polar surface area (TPSA) is 32.3 Å². The average molecular weight is 213 g/mol. The van der Waals surface area contributed by atoms with Crippen LogP contribution in [0.2, 0.25) is 0 Å². The third kappa shape index (κ3) is 4.52. The molecule has 1 rings (SSSR count). The smallest absolute Gasteiger partial charge is 0.0772 e. The van der Waals surface area contributed by atoms with E-state index >= 15 is 0 Å². The van der Waals surface area contributed by atoms with E-state index in [4.69, 9.17) is 0 Å². The molecule has 0 aromatic heterocycles. The lowest BCUT2D eigenvalue weighted by Crippen LogP contribution is -2.48. The van der Waals surface area contributed by atoms with E-state index in [9.17, 15) is 5.11 Å². The Kier molecular flexibility index (Phi) is 5.62. The van der Waals surface area contributed by atoms with E-state index in [1.165, 1.54) is 32.1 Å². The molecular weight excluding hydrogens is 186 g/mol. The van der Waals surface area contributed by atoms with Crippen LogP contribution in [-0.2, 0) is 0 Å². The highest BCUT2D eigenvalue weighted by Gasteiger charge is 2.31. The van der Waals surface area contributed by atoms with Crippen molar-refractivity contribution in [1.29, 1.82) is 0 Å². The van der Waals surface area contributed by atoms with Crippen LogP contribution in [0, 0.1) is 0 Å². The van der Waals surface area contributed by atoms with E-state index in [-0.39, 0.29) is 0 Å².